The summed E-state index contributed by atoms with van der Waals surface area (Å²) < 4.78 is 16.2. The Morgan fingerprint density at radius 2 is 1.96 bits per heavy atom. The van der Waals surface area contributed by atoms with E-state index in [1.54, 1.807) is 48.4 Å². The van der Waals surface area contributed by atoms with Gasteiger partial charge in [0.1, 0.15) is 19.0 Å². The zero-order valence-corrected chi connectivity index (χ0v) is 15.4. The summed E-state index contributed by atoms with van der Waals surface area (Å²) in [7, 11) is 1.57. The largest absolute Gasteiger partial charge is 0.497 e. The first-order valence-corrected chi connectivity index (χ1v) is 9.04. The summed E-state index contributed by atoms with van der Waals surface area (Å²) >= 11 is 0. The van der Waals surface area contributed by atoms with Gasteiger partial charge in [0.05, 0.1) is 13.2 Å². The molecule has 2 aliphatic rings. The molecule has 0 aliphatic carbocycles. The second kappa shape index (κ2) is 7.67. The highest BCUT2D eigenvalue weighted by molar-refractivity contribution is 5.98. The van der Waals surface area contributed by atoms with Crippen LogP contribution in [0.5, 0.6) is 17.2 Å². The summed E-state index contributed by atoms with van der Waals surface area (Å²) in [6.45, 7) is 1.40. The third-order valence-electron chi connectivity index (χ3n) is 4.63. The normalized spacial score (nSPS) is 18.0. The molecule has 8 heteroatoms. The number of amides is 3. The summed E-state index contributed by atoms with van der Waals surface area (Å²) in [5.74, 6) is 1.90. The topological polar surface area (TPSA) is 89.1 Å². The fourth-order valence-electron chi connectivity index (χ4n) is 3.31. The summed E-state index contributed by atoms with van der Waals surface area (Å²) in [5.41, 5.74) is 1.34. The summed E-state index contributed by atoms with van der Waals surface area (Å²) in [6.07, 6.45) is 0.236. The molecule has 146 valence electrons. The minimum atomic E-state index is -0.366. The maximum absolute atomic E-state index is 12.4. The molecule has 0 spiro atoms. The van der Waals surface area contributed by atoms with Crippen LogP contribution in [0.15, 0.2) is 42.5 Å². The molecule has 1 atom stereocenters. The van der Waals surface area contributed by atoms with Crippen molar-refractivity contribution < 1.29 is 23.8 Å². The molecule has 4 rings (SSSR count). The number of ether oxygens (including phenoxy) is 3. The van der Waals surface area contributed by atoms with E-state index in [4.69, 9.17) is 14.2 Å². The SMILES string of the molecule is COc1cccc(NC(=O)N[C@H]2CC(=O)N(c3ccc4c(c3)OCCO4)C2)c1. The number of nitrogens with zero attached hydrogens (tertiary/aromatic N) is 1. The van der Waals surface area contributed by atoms with E-state index in [1.807, 2.05) is 6.07 Å². The Labute approximate surface area is 162 Å². The molecule has 2 N–H and O–H groups in total. The molecular weight excluding hydrogens is 362 g/mol. The van der Waals surface area contributed by atoms with Crippen molar-refractivity contribution in [1.82, 2.24) is 5.32 Å². The lowest BCUT2D eigenvalue weighted by Crippen LogP contribution is -2.39. The Bertz CT molecular complexity index is 901. The molecule has 0 bridgehead atoms. The van der Waals surface area contributed by atoms with Crippen molar-refractivity contribution in [3.8, 4) is 17.2 Å². The van der Waals surface area contributed by atoms with Crippen molar-refractivity contribution in [3.05, 3.63) is 42.5 Å². The fourth-order valence-corrected chi connectivity index (χ4v) is 3.31. The van der Waals surface area contributed by atoms with Crippen LogP contribution in [0.1, 0.15) is 6.42 Å². The number of rotatable bonds is 4. The number of hydrogen-bond donors (Lipinski definition) is 2. The fraction of sp³-hybridized carbons (Fsp3) is 0.300. The van der Waals surface area contributed by atoms with E-state index in [0.717, 1.165) is 5.69 Å². The number of fused-ring (bicyclic) bond motifs is 1. The Morgan fingerprint density at radius 1 is 1.14 bits per heavy atom. The van der Waals surface area contributed by atoms with E-state index in [-0.39, 0.29) is 24.4 Å². The van der Waals surface area contributed by atoms with Gasteiger partial charge in [-0.1, -0.05) is 6.07 Å². The van der Waals surface area contributed by atoms with Gasteiger partial charge in [0.25, 0.3) is 0 Å². The number of hydrogen-bond acceptors (Lipinski definition) is 5. The van der Waals surface area contributed by atoms with Crippen molar-refractivity contribution in [1.29, 1.82) is 0 Å². The molecular formula is C20H21N3O5. The van der Waals surface area contributed by atoms with Crippen molar-refractivity contribution in [3.63, 3.8) is 0 Å². The van der Waals surface area contributed by atoms with Crippen LogP contribution in [0.2, 0.25) is 0 Å². The van der Waals surface area contributed by atoms with Crippen molar-refractivity contribution in [2.75, 3.05) is 37.1 Å². The highest BCUT2D eigenvalue weighted by atomic mass is 16.6. The van der Waals surface area contributed by atoms with Gasteiger partial charge < -0.3 is 29.7 Å². The first kappa shape index (κ1) is 18.0. The smallest absolute Gasteiger partial charge is 0.319 e. The number of methoxy groups -OCH3 is 1. The van der Waals surface area contributed by atoms with Crippen LogP contribution < -0.4 is 29.7 Å². The average Bonchev–Trinajstić information content (AvgIpc) is 3.07. The van der Waals surface area contributed by atoms with Gasteiger partial charge in [-0.15, -0.1) is 0 Å². The van der Waals surface area contributed by atoms with Gasteiger partial charge in [-0.05, 0) is 24.3 Å². The summed E-state index contributed by atoms with van der Waals surface area (Å²) in [6, 6.07) is 11.8. The van der Waals surface area contributed by atoms with Gasteiger partial charge in [-0.3, -0.25) is 4.79 Å². The Kier molecular flexibility index (Phi) is 4.92. The van der Waals surface area contributed by atoms with Crippen molar-refractivity contribution in [2.45, 2.75) is 12.5 Å². The monoisotopic (exact) mass is 383 g/mol. The third kappa shape index (κ3) is 3.80. The molecule has 28 heavy (non-hydrogen) atoms. The predicted molar refractivity (Wildman–Crippen MR) is 103 cm³/mol. The molecule has 2 aromatic carbocycles. The van der Waals surface area contributed by atoms with Crippen LogP contribution in [0.25, 0.3) is 0 Å². The number of carbonyl (C=O) groups is 2. The number of carbonyl (C=O) groups excluding carboxylic acids is 2. The minimum absolute atomic E-state index is 0.0524. The predicted octanol–water partition coefficient (Wildman–Crippen LogP) is 2.39. The van der Waals surface area contributed by atoms with E-state index >= 15 is 0 Å². The molecule has 0 radical (unpaired) electrons. The van der Waals surface area contributed by atoms with E-state index < -0.39 is 0 Å². The van der Waals surface area contributed by atoms with Gasteiger partial charge in [0.2, 0.25) is 5.91 Å². The van der Waals surface area contributed by atoms with Gasteiger partial charge in [0.15, 0.2) is 11.5 Å². The molecule has 0 aromatic heterocycles. The molecule has 0 saturated carbocycles. The summed E-state index contributed by atoms with van der Waals surface area (Å²) in [4.78, 5) is 26.4. The van der Waals surface area contributed by atoms with Crippen molar-refractivity contribution >= 4 is 23.3 Å². The van der Waals surface area contributed by atoms with Crippen LogP contribution >= 0.6 is 0 Å². The second-order valence-corrected chi connectivity index (χ2v) is 6.56. The lowest BCUT2D eigenvalue weighted by Gasteiger charge is -2.22. The second-order valence-electron chi connectivity index (χ2n) is 6.56. The Hall–Kier alpha value is -3.42. The van der Waals surface area contributed by atoms with E-state index in [2.05, 4.69) is 10.6 Å². The zero-order chi connectivity index (χ0) is 19.5. The molecule has 1 fully saturated rings. The maximum Gasteiger partial charge on any atom is 0.319 e. The van der Waals surface area contributed by atoms with Crippen LogP contribution in [-0.2, 0) is 4.79 Å². The molecule has 2 heterocycles. The molecule has 0 unspecified atom stereocenters. The van der Waals surface area contributed by atoms with Crippen LogP contribution in [-0.4, -0.2) is 44.8 Å². The van der Waals surface area contributed by atoms with Crippen molar-refractivity contribution in [2.24, 2.45) is 0 Å². The standard InChI is InChI=1S/C20H21N3O5/c1-26-16-4-2-3-13(9-16)21-20(25)22-14-10-19(24)23(12-14)15-5-6-17-18(11-15)28-8-7-27-17/h2-6,9,11,14H,7-8,10,12H2,1H3,(H2,21,22,25)/t14-/m0/s1. The molecule has 8 nitrogen and oxygen atoms in total. The molecule has 2 aromatic rings. The van der Waals surface area contributed by atoms with Crippen LogP contribution in [0, 0.1) is 0 Å². The van der Waals surface area contributed by atoms with Gasteiger partial charge in [-0.2, -0.15) is 0 Å². The third-order valence-corrected chi connectivity index (χ3v) is 4.63. The molecule has 1 saturated heterocycles. The summed E-state index contributed by atoms with van der Waals surface area (Å²) in [5, 5.41) is 5.61. The number of benzene rings is 2. The highest BCUT2D eigenvalue weighted by Gasteiger charge is 2.32. The molecule has 3 amide bonds. The van der Waals surface area contributed by atoms with Crippen LogP contribution in [0.4, 0.5) is 16.2 Å². The Balaban J connectivity index is 1.38. The highest BCUT2D eigenvalue weighted by Crippen LogP contribution is 2.35. The average molecular weight is 383 g/mol. The van der Waals surface area contributed by atoms with E-state index in [0.29, 0.717) is 42.7 Å². The number of urea groups is 1. The lowest BCUT2D eigenvalue weighted by atomic mass is 10.2. The lowest BCUT2D eigenvalue weighted by molar-refractivity contribution is -0.117. The van der Waals surface area contributed by atoms with E-state index in [9.17, 15) is 9.59 Å². The zero-order valence-electron chi connectivity index (χ0n) is 15.4. The van der Waals surface area contributed by atoms with Crippen LogP contribution in [0.3, 0.4) is 0 Å². The first-order valence-electron chi connectivity index (χ1n) is 9.04. The van der Waals surface area contributed by atoms with Gasteiger partial charge in [0, 0.05) is 36.5 Å². The van der Waals surface area contributed by atoms with Gasteiger partial charge in [-0.25, -0.2) is 4.79 Å². The molecule has 2 aliphatic heterocycles. The Morgan fingerprint density at radius 3 is 2.79 bits per heavy atom. The first-order chi connectivity index (χ1) is 13.6. The minimum Gasteiger partial charge on any atom is -0.497 e. The van der Waals surface area contributed by atoms with Gasteiger partial charge >= 0.3 is 6.03 Å². The quantitative estimate of drug-likeness (QED) is 0.846. The number of anilines is 2. The maximum atomic E-state index is 12.4. The number of nitrogens with one attached hydrogen (secondary N) is 2. The van der Waals surface area contributed by atoms with E-state index in [1.165, 1.54) is 0 Å².